The van der Waals surface area contributed by atoms with Crippen molar-refractivity contribution >= 4 is 41.5 Å². The highest BCUT2D eigenvalue weighted by molar-refractivity contribution is 6.14. The van der Waals surface area contributed by atoms with Gasteiger partial charge in [-0.1, -0.05) is 31.4 Å². The number of amides is 6. The van der Waals surface area contributed by atoms with Crippen LogP contribution in [-0.4, -0.2) is 72.7 Å². The first-order valence-electron chi connectivity index (χ1n) is 10.2. The lowest BCUT2D eigenvalue weighted by Gasteiger charge is -2.31. The Labute approximate surface area is 180 Å². The largest absolute Gasteiger partial charge is 0.351 e. The van der Waals surface area contributed by atoms with Gasteiger partial charge in [0.1, 0.15) is 18.6 Å². The Morgan fingerprint density at radius 2 is 1.77 bits per heavy atom. The summed E-state index contributed by atoms with van der Waals surface area (Å²) < 4.78 is 0. The maximum Gasteiger partial charge on any atom is 0.325 e. The van der Waals surface area contributed by atoms with Crippen LogP contribution < -0.4 is 15.5 Å². The molecule has 6 amide bonds. The van der Waals surface area contributed by atoms with Gasteiger partial charge in [-0.25, -0.2) is 4.79 Å². The first-order valence-corrected chi connectivity index (χ1v) is 10.2. The van der Waals surface area contributed by atoms with Gasteiger partial charge in [0, 0.05) is 14.1 Å². The first kappa shape index (κ1) is 22.3. The lowest BCUT2D eigenvalue weighted by molar-refractivity contribution is -0.135. The molecule has 0 radical (unpaired) electrons. The lowest BCUT2D eigenvalue weighted by Crippen LogP contribution is -2.50. The van der Waals surface area contributed by atoms with Gasteiger partial charge >= 0.3 is 6.03 Å². The van der Waals surface area contributed by atoms with E-state index in [2.05, 4.69) is 10.6 Å². The molecule has 0 aromatic heterocycles. The van der Waals surface area contributed by atoms with Crippen molar-refractivity contribution < 1.29 is 24.0 Å². The van der Waals surface area contributed by atoms with Gasteiger partial charge < -0.3 is 15.5 Å². The number of para-hydroxylation sites is 2. The van der Waals surface area contributed by atoms with Gasteiger partial charge in [0.15, 0.2) is 0 Å². The monoisotopic (exact) mass is 429 g/mol. The molecule has 1 aromatic carbocycles. The molecule has 31 heavy (non-hydrogen) atoms. The number of carbonyl (C=O) groups is 5. The fourth-order valence-electron chi connectivity index (χ4n) is 3.99. The molecule has 10 nitrogen and oxygen atoms in total. The molecule has 166 valence electrons. The van der Waals surface area contributed by atoms with E-state index in [0.717, 1.165) is 30.6 Å². The SMILES string of the molecule is CN(C)C=O.O=C1CN(C(=O)CN2C(=O)NC3(CCCCC3)C2=O)c2ccccc2N1. The quantitative estimate of drug-likeness (QED) is 0.547. The number of hydrogen-bond donors (Lipinski definition) is 2. The fourth-order valence-corrected chi connectivity index (χ4v) is 3.99. The Morgan fingerprint density at radius 3 is 2.42 bits per heavy atom. The van der Waals surface area contributed by atoms with Gasteiger partial charge in [-0.3, -0.25) is 29.0 Å². The molecule has 2 fully saturated rings. The number of benzene rings is 1. The normalized spacial score (nSPS) is 19.1. The third kappa shape index (κ3) is 4.68. The number of rotatable bonds is 3. The van der Waals surface area contributed by atoms with E-state index in [0.29, 0.717) is 24.2 Å². The number of hydrogen-bond acceptors (Lipinski definition) is 5. The molecule has 0 bridgehead atoms. The van der Waals surface area contributed by atoms with Crippen molar-refractivity contribution in [1.82, 2.24) is 15.1 Å². The zero-order valence-corrected chi connectivity index (χ0v) is 17.7. The van der Waals surface area contributed by atoms with Crippen molar-refractivity contribution in [3.05, 3.63) is 24.3 Å². The summed E-state index contributed by atoms with van der Waals surface area (Å²) in [5.41, 5.74) is 0.252. The molecule has 1 saturated carbocycles. The Kier molecular flexibility index (Phi) is 6.57. The second kappa shape index (κ2) is 9.15. The smallest absolute Gasteiger partial charge is 0.325 e. The summed E-state index contributed by atoms with van der Waals surface area (Å²) in [5.74, 6) is -1.09. The zero-order valence-electron chi connectivity index (χ0n) is 17.7. The summed E-state index contributed by atoms with van der Waals surface area (Å²) in [6.07, 6.45) is 4.78. The standard InChI is InChI=1S/C18H20N4O4.C3H7NO/c23-14-10-21(13-7-3-2-6-12(13)19-14)15(24)11-22-16(25)18(20-17(22)26)8-4-1-5-9-18;1-4(2)3-5/h2-3,6-7H,1,4-5,8-11H2,(H,19,23)(H,20,26);3H,1-2H3. The maximum absolute atomic E-state index is 12.8. The summed E-state index contributed by atoms with van der Waals surface area (Å²) in [6.45, 7) is -0.501. The van der Waals surface area contributed by atoms with E-state index < -0.39 is 17.5 Å². The molecule has 0 unspecified atom stereocenters. The Balaban J connectivity index is 0.000000491. The van der Waals surface area contributed by atoms with Crippen molar-refractivity contribution in [3.63, 3.8) is 0 Å². The van der Waals surface area contributed by atoms with Crippen LogP contribution in [0.15, 0.2) is 24.3 Å². The predicted octanol–water partition coefficient (Wildman–Crippen LogP) is 0.931. The molecule has 1 aromatic rings. The lowest BCUT2D eigenvalue weighted by atomic mass is 9.82. The summed E-state index contributed by atoms with van der Waals surface area (Å²) in [4.78, 5) is 63.0. The van der Waals surface area contributed by atoms with Crippen molar-refractivity contribution in [1.29, 1.82) is 0 Å². The van der Waals surface area contributed by atoms with Gasteiger partial charge in [0.2, 0.25) is 18.2 Å². The number of carbonyl (C=O) groups excluding carboxylic acids is 5. The number of anilines is 2. The molecule has 0 atom stereocenters. The van der Waals surface area contributed by atoms with Gasteiger partial charge in [0.25, 0.3) is 5.91 Å². The second-order valence-electron chi connectivity index (χ2n) is 8.08. The van der Waals surface area contributed by atoms with Crippen LogP contribution in [0.5, 0.6) is 0 Å². The summed E-state index contributed by atoms with van der Waals surface area (Å²) >= 11 is 0. The van der Waals surface area contributed by atoms with E-state index in [-0.39, 0.29) is 24.9 Å². The van der Waals surface area contributed by atoms with Crippen LogP contribution in [0, 0.1) is 0 Å². The van der Waals surface area contributed by atoms with Gasteiger partial charge in [-0.2, -0.15) is 0 Å². The molecular weight excluding hydrogens is 402 g/mol. The second-order valence-corrected chi connectivity index (χ2v) is 8.08. The van der Waals surface area contributed by atoms with E-state index in [4.69, 9.17) is 0 Å². The number of fused-ring (bicyclic) bond motifs is 1. The molecule has 1 aliphatic carbocycles. The minimum absolute atomic E-state index is 0.134. The molecule has 2 aliphatic heterocycles. The van der Waals surface area contributed by atoms with Gasteiger partial charge in [-0.05, 0) is 25.0 Å². The van der Waals surface area contributed by atoms with Crippen LogP contribution in [0.2, 0.25) is 0 Å². The fraction of sp³-hybridized carbons (Fsp3) is 0.476. The van der Waals surface area contributed by atoms with E-state index in [1.807, 2.05) is 0 Å². The summed E-state index contributed by atoms with van der Waals surface area (Å²) in [7, 11) is 3.38. The number of nitrogens with zero attached hydrogens (tertiary/aromatic N) is 3. The van der Waals surface area contributed by atoms with E-state index in [1.54, 1.807) is 38.4 Å². The van der Waals surface area contributed by atoms with Crippen LogP contribution in [0.4, 0.5) is 16.2 Å². The van der Waals surface area contributed by atoms with Crippen molar-refractivity contribution in [2.45, 2.75) is 37.6 Å². The highest BCUT2D eigenvalue weighted by Gasteiger charge is 2.52. The number of nitrogens with one attached hydrogen (secondary N) is 2. The van der Waals surface area contributed by atoms with Crippen molar-refractivity contribution in [2.75, 3.05) is 37.4 Å². The Bertz CT molecular complexity index is 894. The van der Waals surface area contributed by atoms with Crippen LogP contribution in [-0.2, 0) is 19.2 Å². The van der Waals surface area contributed by atoms with Crippen LogP contribution >= 0.6 is 0 Å². The number of imide groups is 1. The van der Waals surface area contributed by atoms with Crippen LogP contribution in [0.3, 0.4) is 0 Å². The molecule has 2 N–H and O–H groups in total. The molecular formula is C21H27N5O5. The van der Waals surface area contributed by atoms with Gasteiger partial charge in [-0.15, -0.1) is 0 Å². The third-order valence-electron chi connectivity index (χ3n) is 5.53. The Hall–Kier alpha value is -3.43. The van der Waals surface area contributed by atoms with Crippen LogP contribution in [0.25, 0.3) is 0 Å². The topological polar surface area (TPSA) is 119 Å². The average Bonchev–Trinajstić information content (AvgIpc) is 2.97. The highest BCUT2D eigenvalue weighted by atomic mass is 16.2. The van der Waals surface area contributed by atoms with Crippen molar-refractivity contribution in [3.8, 4) is 0 Å². The number of urea groups is 1. The highest BCUT2D eigenvalue weighted by Crippen LogP contribution is 2.34. The Morgan fingerprint density at radius 1 is 1.13 bits per heavy atom. The molecule has 2 heterocycles. The first-order chi connectivity index (χ1) is 14.8. The summed E-state index contributed by atoms with van der Waals surface area (Å²) in [6, 6.07) is 6.43. The van der Waals surface area contributed by atoms with E-state index in [9.17, 15) is 24.0 Å². The molecule has 4 rings (SSSR count). The molecule has 10 heteroatoms. The zero-order chi connectivity index (χ0) is 22.6. The maximum atomic E-state index is 12.8. The third-order valence-corrected chi connectivity index (χ3v) is 5.53. The molecule has 1 spiro atoms. The van der Waals surface area contributed by atoms with E-state index >= 15 is 0 Å². The molecule has 1 saturated heterocycles. The predicted molar refractivity (Wildman–Crippen MR) is 113 cm³/mol. The van der Waals surface area contributed by atoms with Crippen LogP contribution in [0.1, 0.15) is 32.1 Å². The molecule has 3 aliphatic rings. The van der Waals surface area contributed by atoms with Gasteiger partial charge in [0.05, 0.1) is 11.4 Å². The minimum atomic E-state index is -0.854. The van der Waals surface area contributed by atoms with Crippen molar-refractivity contribution in [2.24, 2.45) is 0 Å². The minimum Gasteiger partial charge on any atom is -0.351 e. The van der Waals surface area contributed by atoms with E-state index in [1.165, 1.54) is 9.80 Å². The average molecular weight is 429 g/mol. The summed E-state index contributed by atoms with van der Waals surface area (Å²) in [5, 5.41) is 5.50.